The van der Waals surface area contributed by atoms with Gasteiger partial charge in [0.1, 0.15) is 0 Å². The van der Waals surface area contributed by atoms with Crippen LogP contribution in [-0.2, 0) is 0 Å². The molecule has 0 aliphatic carbocycles. The van der Waals surface area contributed by atoms with Crippen LogP contribution in [0.25, 0.3) is 4.98 Å². The highest BCUT2D eigenvalue weighted by atomic mass is 16.6. The fourth-order valence-electron chi connectivity index (χ4n) is 1.87. The smallest absolute Gasteiger partial charge is 0.344 e. The average Bonchev–Trinajstić information content (AvgIpc) is 2.54. The van der Waals surface area contributed by atoms with Crippen LogP contribution in [0.3, 0.4) is 0 Å². The maximum Gasteiger partial charge on any atom is 0.385 e. The Labute approximate surface area is 132 Å². The maximum atomic E-state index is 11.1. The third kappa shape index (κ3) is 3.20. The van der Waals surface area contributed by atoms with E-state index in [1.54, 1.807) is 0 Å². The number of nitro groups is 3. The number of nitrogens with zero attached hydrogens (tertiary/aromatic N) is 5. The highest BCUT2D eigenvalue weighted by Crippen LogP contribution is 2.40. The molecule has 0 amide bonds. The van der Waals surface area contributed by atoms with Crippen molar-refractivity contribution in [3.05, 3.63) is 71.7 Å². The summed E-state index contributed by atoms with van der Waals surface area (Å²) in [6.45, 7) is 0. The molecule has 0 saturated heterocycles. The van der Waals surface area contributed by atoms with Crippen molar-refractivity contribution < 1.29 is 14.8 Å². The quantitative estimate of drug-likeness (QED) is 0.491. The molecule has 24 heavy (non-hydrogen) atoms. The zero-order valence-corrected chi connectivity index (χ0v) is 11.6. The van der Waals surface area contributed by atoms with Gasteiger partial charge in [0.25, 0.3) is 5.69 Å². The molecule has 0 bridgehead atoms. The van der Waals surface area contributed by atoms with E-state index in [9.17, 15) is 30.3 Å². The van der Waals surface area contributed by atoms with Crippen LogP contribution in [0.2, 0.25) is 0 Å². The Kier molecular flexibility index (Phi) is 4.27. The summed E-state index contributed by atoms with van der Waals surface area (Å²) >= 11 is 0. The zero-order valence-electron chi connectivity index (χ0n) is 11.6. The van der Waals surface area contributed by atoms with Crippen molar-refractivity contribution in [1.82, 2.24) is 0 Å². The second-order valence-electron chi connectivity index (χ2n) is 4.40. The molecule has 0 heterocycles. The molecule has 120 valence electrons. The Morgan fingerprint density at radius 3 is 1.75 bits per heavy atom. The predicted molar refractivity (Wildman–Crippen MR) is 80.9 cm³/mol. The summed E-state index contributed by atoms with van der Waals surface area (Å²) in [7, 11) is 0. The summed E-state index contributed by atoms with van der Waals surface area (Å²) in [6, 6.07) is 6.70. The topological polar surface area (TPSA) is 170 Å². The number of benzene rings is 2. The molecule has 1 N–H and O–H groups in total. The van der Waals surface area contributed by atoms with Crippen LogP contribution >= 0.6 is 0 Å². The molecule has 12 heteroatoms. The van der Waals surface area contributed by atoms with Gasteiger partial charge in [0.05, 0.1) is 26.9 Å². The molecule has 0 saturated carbocycles. The van der Waals surface area contributed by atoms with E-state index in [2.05, 4.69) is 10.3 Å². The summed E-state index contributed by atoms with van der Waals surface area (Å²) in [4.78, 5) is 33.1. The summed E-state index contributed by atoms with van der Waals surface area (Å²) < 4.78 is 0. The number of diazo groups is 1. The van der Waals surface area contributed by atoms with E-state index < -0.39 is 37.5 Å². The Bertz CT molecular complexity index is 853. The zero-order chi connectivity index (χ0) is 17.9. The van der Waals surface area contributed by atoms with Crippen LogP contribution < -0.4 is 5.32 Å². The number of rotatable bonds is 5. The molecule has 0 aliphatic rings. The van der Waals surface area contributed by atoms with Gasteiger partial charge >= 0.3 is 17.1 Å². The van der Waals surface area contributed by atoms with Gasteiger partial charge in [-0.3, -0.25) is 30.3 Å². The predicted octanol–water partition coefficient (Wildman–Crippen LogP) is 3.64. The molecule has 0 unspecified atom stereocenters. The fourth-order valence-corrected chi connectivity index (χ4v) is 1.87. The summed E-state index contributed by atoms with van der Waals surface area (Å²) in [6.07, 6.45) is 0. The lowest BCUT2D eigenvalue weighted by Crippen LogP contribution is -2.03. The van der Waals surface area contributed by atoms with Crippen molar-refractivity contribution in [2.45, 2.75) is 0 Å². The lowest BCUT2D eigenvalue weighted by molar-refractivity contribution is -0.401. The number of anilines is 2. The Balaban J connectivity index is 2.61. The third-order valence-corrected chi connectivity index (χ3v) is 2.94. The van der Waals surface area contributed by atoms with Crippen LogP contribution in [-0.4, -0.2) is 14.8 Å². The number of nitrogens with one attached hydrogen (secondary N) is 1. The lowest BCUT2D eigenvalue weighted by Gasteiger charge is -2.07. The van der Waals surface area contributed by atoms with Gasteiger partial charge in [0.2, 0.25) is 5.39 Å². The normalized spacial score (nSPS) is 9.79. The summed E-state index contributed by atoms with van der Waals surface area (Å²) in [5, 5.41) is 44.2. The lowest BCUT2D eigenvalue weighted by atomic mass is 10.2. The molecule has 0 fully saturated rings. The van der Waals surface area contributed by atoms with Crippen molar-refractivity contribution in [3.63, 3.8) is 0 Å². The van der Waals surface area contributed by atoms with Crippen molar-refractivity contribution in [2.75, 3.05) is 5.32 Å². The molecule has 0 radical (unpaired) electrons. The van der Waals surface area contributed by atoms with Gasteiger partial charge in [-0.15, -0.1) is 0 Å². The minimum atomic E-state index is -0.959. The Morgan fingerprint density at radius 2 is 1.38 bits per heavy atom. The van der Waals surface area contributed by atoms with Crippen molar-refractivity contribution in [2.24, 2.45) is 0 Å². The maximum absolute atomic E-state index is 11.1. The molecule has 0 atom stereocenters. The minimum Gasteiger partial charge on any atom is -0.344 e. The van der Waals surface area contributed by atoms with Crippen molar-refractivity contribution in [1.29, 1.82) is 5.39 Å². The molecule has 0 aromatic heterocycles. The van der Waals surface area contributed by atoms with Crippen molar-refractivity contribution >= 4 is 34.1 Å². The van der Waals surface area contributed by atoms with E-state index >= 15 is 0 Å². The molecule has 0 spiro atoms. The number of hydrogen-bond acceptors (Lipinski definition) is 8. The largest absolute Gasteiger partial charge is 0.385 e. The highest BCUT2D eigenvalue weighted by molar-refractivity contribution is 5.81. The van der Waals surface area contributed by atoms with Gasteiger partial charge in [0.15, 0.2) is 10.7 Å². The number of nitro benzene ring substituents is 3. The summed E-state index contributed by atoms with van der Waals surface area (Å²) in [5.41, 5.74) is -2.47. The van der Waals surface area contributed by atoms with Gasteiger partial charge in [-0.1, -0.05) is 0 Å². The molecular formula is C12H7N6O6+. The van der Waals surface area contributed by atoms with Crippen molar-refractivity contribution in [3.8, 4) is 0 Å². The van der Waals surface area contributed by atoms with Crippen LogP contribution in [0.4, 0.5) is 34.1 Å². The second-order valence-corrected chi connectivity index (χ2v) is 4.40. The van der Waals surface area contributed by atoms with Gasteiger partial charge in [-0.25, -0.2) is 0 Å². The molecule has 0 aliphatic heterocycles. The van der Waals surface area contributed by atoms with E-state index in [0.29, 0.717) is 12.1 Å². The second kappa shape index (κ2) is 6.32. The number of hydrogen-bond donors (Lipinski definition) is 1. The van der Waals surface area contributed by atoms with Gasteiger partial charge in [-0.05, 0) is 12.1 Å². The first-order valence-corrected chi connectivity index (χ1v) is 6.17. The van der Waals surface area contributed by atoms with E-state index in [4.69, 9.17) is 5.39 Å². The molecule has 12 nitrogen and oxygen atoms in total. The Morgan fingerprint density at radius 1 is 0.875 bits per heavy atom. The fraction of sp³-hybridized carbons (Fsp3) is 0. The van der Waals surface area contributed by atoms with E-state index in [1.165, 1.54) is 24.3 Å². The van der Waals surface area contributed by atoms with Crippen LogP contribution in [0.15, 0.2) is 36.4 Å². The standard InChI is InChI=1S/C12H7N6O6/c13-15-8-3-1-7(2-4-8)14-12-10(17(21)22)5-9(16(19)20)6-11(12)18(23)24/h1-6,14H/q+1. The minimum absolute atomic E-state index is 0.202. The summed E-state index contributed by atoms with van der Waals surface area (Å²) in [5.74, 6) is 0. The van der Waals surface area contributed by atoms with Crippen LogP contribution in [0.5, 0.6) is 0 Å². The molecule has 2 rings (SSSR count). The van der Waals surface area contributed by atoms with E-state index in [0.717, 1.165) is 0 Å². The molecule has 2 aromatic carbocycles. The van der Waals surface area contributed by atoms with Crippen LogP contribution in [0, 0.1) is 35.7 Å². The van der Waals surface area contributed by atoms with Gasteiger partial charge < -0.3 is 5.32 Å². The average molecular weight is 331 g/mol. The first-order valence-electron chi connectivity index (χ1n) is 6.17. The molecular weight excluding hydrogens is 324 g/mol. The Hall–Kier alpha value is -4.14. The molecule has 2 aromatic rings. The highest BCUT2D eigenvalue weighted by Gasteiger charge is 2.30. The first-order chi connectivity index (χ1) is 11.3. The first kappa shape index (κ1) is 16.2. The van der Waals surface area contributed by atoms with Gasteiger partial charge in [-0.2, -0.15) is 0 Å². The van der Waals surface area contributed by atoms with Crippen LogP contribution in [0.1, 0.15) is 0 Å². The monoisotopic (exact) mass is 331 g/mol. The third-order valence-electron chi connectivity index (χ3n) is 2.94. The van der Waals surface area contributed by atoms with E-state index in [1.807, 2.05) is 0 Å². The van der Waals surface area contributed by atoms with Gasteiger partial charge in [0, 0.05) is 17.8 Å². The SMILES string of the molecule is N#[N+]c1ccc(Nc2c([N+](=O)[O-])cc([N+](=O)[O-])cc2[N+](=O)[O-])cc1. The number of non-ortho nitro benzene ring substituents is 1. The van der Waals surface area contributed by atoms with E-state index in [-0.39, 0.29) is 11.4 Å².